The quantitative estimate of drug-likeness (QED) is 0.791. The molecule has 0 radical (unpaired) electrons. The highest BCUT2D eigenvalue weighted by molar-refractivity contribution is 7.09. The Labute approximate surface area is 89.8 Å². The average molecular weight is 210 g/mol. The molecule has 2 heteroatoms. The summed E-state index contributed by atoms with van der Waals surface area (Å²) in [5, 5.41) is 11.9. The largest absolute Gasteiger partial charge is 0.393 e. The van der Waals surface area contributed by atoms with E-state index in [0.717, 1.165) is 25.2 Å². The maximum absolute atomic E-state index is 9.79. The van der Waals surface area contributed by atoms with Crippen LogP contribution in [0.3, 0.4) is 0 Å². The van der Waals surface area contributed by atoms with E-state index < -0.39 is 0 Å². The van der Waals surface area contributed by atoms with Crippen molar-refractivity contribution in [1.82, 2.24) is 0 Å². The first-order chi connectivity index (χ1) is 6.84. The highest BCUT2D eigenvalue weighted by Crippen LogP contribution is 2.31. The van der Waals surface area contributed by atoms with E-state index in [4.69, 9.17) is 0 Å². The van der Waals surface area contributed by atoms with Crippen LogP contribution in [0.2, 0.25) is 0 Å². The van der Waals surface area contributed by atoms with Gasteiger partial charge in [-0.1, -0.05) is 25.3 Å². The summed E-state index contributed by atoms with van der Waals surface area (Å²) in [7, 11) is 0. The molecule has 0 bridgehead atoms. The molecular weight excluding hydrogens is 192 g/mol. The molecule has 78 valence electrons. The first-order valence-corrected chi connectivity index (χ1v) is 6.43. The lowest BCUT2D eigenvalue weighted by molar-refractivity contribution is 0.110. The van der Waals surface area contributed by atoms with Crippen LogP contribution in [0.25, 0.3) is 0 Å². The summed E-state index contributed by atoms with van der Waals surface area (Å²) in [5.41, 5.74) is 0. The van der Waals surface area contributed by atoms with E-state index in [1.807, 2.05) is 0 Å². The van der Waals surface area contributed by atoms with Gasteiger partial charge in [0.05, 0.1) is 6.10 Å². The number of aliphatic hydroxyl groups is 1. The molecule has 1 nitrogen and oxygen atoms in total. The van der Waals surface area contributed by atoms with Gasteiger partial charge in [0.15, 0.2) is 0 Å². The summed E-state index contributed by atoms with van der Waals surface area (Å²) in [5.74, 6) is 0.827. The second kappa shape index (κ2) is 4.94. The number of aryl methyl sites for hydroxylation is 1. The van der Waals surface area contributed by atoms with Gasteiger partial charge in [-0.25, -0.2) is 0 Å². The standard InChI is InChI=1S/C12H18OS/c13-11(9-10-3-1-4-10)6-7-12-5-2-8-14-12/h2,5,8,10-11,13H,1,3-4,6-7,9H2. The first kappa shape index (κ1) is 10.2. The average Bonchev–Trinajstić information content (AvgIpc) is 2.60. The van der Waals surface area contributed by atoms with Crippen molar-refractivity contribution in [3.63, 3.8) is 0 Å². The summed E-state index contributed by atoms with van der Waals surface area (Å²) in [6.45, 7) is 0. The minimum atomic E-state index is -0.0672. The van der Waals surface area contributed by atoms with E-state index in [0.29, 0.717) is 0 Å². The normalized spacial score (nSPS) is 19.2. The Balaban J connectivity index is 1.64. The molecule has 1 unspecified atom stereocenters. The molecule has 0 spiro atoms. The van der Waals surface area contributed by atoms with Gasteiger partial charge in [0.1, 0.15) is 0 Å². The summed E-state index contributed by atoms with van der Waals surface area (Å²) >= 11 is 1.79. The lowest BCUT2D eigenvalue weighted by Gasteiger charge is -2.27. The number of rotatable bonds is 5. The van der Waals surface area contributed by atoms with Crippen molar-refractivity contribution in [2.75, 3.05) is 0 Å². The lowest BCUT2D eigenvalue weighted by Crippen LogP contribution is -2.19. The number of thiophene rings is 1. The zero-order valence-corrected chi connectivity index (χ0v) is 9.30. The van der Waals surface area contributed by atoms with Gasteiger partial charge in [-0.15, -0.1) is 11.3 Å². The van der Waals surface area contributed by atoms with E-state index in [9.17, 15) is 5.11 Å². The molecule has 2 rings (SSSR count). The van der Waals surface area contributed by atoms with Gasteiger partial charge < -0.3 is 5.11 Å². The first-order valence-electron chi connectivity index (χ1n) is 5.55. The third-order valence-corrected chi connectivity index (χ3v) is 4.07. The minimum Gasteiger partial charge on any atom is -0.393 e. The smallest absolute Gasteiger partial charge is 0.0546 e. The molecule has 1 fully saturated rings. The molecule has 1 heterocycles. The molecule has 1 aromatic heterocycles. The van der Waals surface area contributed by atoms with E-state index in [-0.39, 0.29) is 6.10 Å². The molecule has 1 atom stereocenters. The minimum absolute atomic E-state index is 0.0672. The van der Waals surface area contributed by atoms with Gasteiger partial charge in [-0.2, -0.15) is 0 Å². The van der Waals surface area contributed by atoms with Crippen molar-refractivity contribution < 1.29 is 5.11 Å². The number of aliphatic hydroxyl groups excluding tert-OH is 1. The van der Waals surface area contributed by atoms with Crippen molar-refractivity contribution in [2.45, 2.75) is 44.6 Å². The summed E-state index contributed by atoms with van der Waals surface area (Å²) in [4.78, 5) is 1.40. The SMILES string of the molecule is OC(CCc1cccs1)CC1CCC1. The fraction of sp³-hybridized carbons (Fsp3) is 0.667. The molecule has 0 aromatic carbocycles. The lowest BCUT2D eigenvalue weighted by atomic mass is 9.81. The third kappa shape index (κ3) is 2.82. The molecule has 1 aliphatic rings. The Morgan fingerprint density at radius 1 is 1.50 bits per heavy atom. The maximum Gasteiger partial charge on any atom is 0.0546 e. The van der Waals surface area contributed by atoms with E-state index >= 15 is 0 Å². The number of hydrogen-bond acceptors (Lipinski definition) is 2. The van der Waals surface area contributed by atoms with E-state index in [1.165, 1.54) is 24.1 Å². The van der Waals surface area contributed by atoms with Crippen molar-refractivity contribution in [2.24, 2.45) is 5.92 Å². The van der Waals surface area contributed by atoms with Gasteiger partial charge in [-0.05, 0) is 36.6 Å². The van der Waals surface area contributed by atoms with Crippen LogP contribution in [0.15, 0.2) is 17.5 Å². The Kier molecular flexibility index (Phi) is 3.60. The van der Waals surface area contributed by atoms with Gasteiger partial charge in [0.25, 0.3) is 0 Å². The Morgan fingerprint density at radius 2 is 2.36 bits per heavy atom. The molecular formula is C12H18OS. The zero-order chi connectivity index (χ0) is 9.80. The molecule has 14 heavy (non-hydrogen) atoms. The predicted molar refractivity (Wildman–Crippen MR) is 60.6 cm³/mol. The Bertz CT molecular complexity index is 251. The topological polar surface area (TPSA) is 20.2 Å². The maximum atomic E-state index is 9.79. The zero-order valence-electron chi connectivity index (χ0n) is 8.48. The monoisotopic (exact) mass is 210 g/mol. The highest BCUT2D eigenvalue weighted by Gasteiger charge is 2.20. The molecule has 1 saturated carbocycles. The van der Waals surface area contributed by atoms with Gasteiger partial charge in [-0.3, -0.25) is 0 Å². The summed E-state index contributed by atoms with van der Waals surface area (Å²) in [6.07, 6.45) is 7.02. The summed E-state index contributed by atoms with van der Waals surface area (Å²) in [6, 6.07) is 4.24. The van der Waals surface area contributed by atoms with Crippen LogP contribution < -0.4 is 0 Å². The fourth-order valence-corrected chi connectivity index (χ4v) is 2.72. The van der Waals surface area contributed by atoms with Crippen LogP contribution in [0.1, 0.15) is 37.0 Å². The van der Waals surface area contributed by atoms with Crippen molar-refractivity contribution in [3.8, 4) is 0 Å². The predicted octanol–water partition coefficient (Wildman–Crippen LogP) is 3.23. The second-order valence-electron chi connectivity index (χ2n) is 4.30. The van der Waals surface area contributed by atoms with Crippen molar-refractivity contribution in [3.05, 3.63) is 22.4 Å². The number of hydrogen-bond donors (Lipinski definition) is 1. The molecule has 0 amide bonds. The van der Waals surface area contributed by atoms with Crippen molar-refractivity contribution >= 4 is 11.3 Å². The summed E-state index contributed by atoms with van der Waals surface area (Å²) < 4.78 is 0. The second-order valence-corrected chi connectivity index (χ2v) is 5.34. The Hall–Kier alpha value is -0.340. The molecule has 1 N–H and O–H groups in total. The third-order valence-electron chi connectivity index (χ3n) is 3.13. The molecule has 0 saturated heterocycles. The van der Waals surface area contributed by atoms with Crippen LogP contribution in [0, 0.1) is 5.92 Å². The molecule has 0 aliphatic heterocycles. The van der Waals surface area contributed by atoms with Gasteiger partial charge in [0.2, 0.25) is 0 Å². The van der Waals surface area contributed by atoms with Crippen molar-refractivity contribution in [1.29, 1.82) is 0 Å². The van der Waals surface area contributed by atoms with Gasteiger partial charge >= 0.3 is 0 Å². The molecule has 1 aliphatic carbocycles. The highest BCUT2D eigenvalue weighted by atomic mass is 32.1. The van der Waals surface area contributed by atoms with Crippen LogP contribution in [0.4, 0.5) is 0 Å². The van der Waals surface area contributed by atoms with Gasteiger partial charge in [0, 0.05) is 4.88 Å². The van der Waals surface area contributed by atoms with Crippen LogP contribution >= 0.6 is 11.3 Å². The fourth-order valence-electron chi connectivity index (χ4n) is 1.99. The van der Waals surface area contributed by atoms with Crippen LogP contribution in [-0.4, -0.2) is 11.2 Å². The Morgan fingerprint density at radius 3 is 2.93 bits per heavy atom. The molecule has 1 aromatic rings. The van der Waals surface area contributed by atoms with Crippen LogP contribution in [-0.2, 0) is 6.42 Å². The van der Waals surface area contributed by atoms with E-state index in [2.05, 4.69) is 17.5 Å². The van der Waals surface area contributed by atoms with Crippen LogP contribution in [0.5, 0.6) is 0 Å². The van der Waals surface area contributed by atoms with E-state index in [1.54, 1.807) is 11.3 Å².